The average Bonchev–Trinajstić information content (AvgIpc) is 2.37. The molecule has 0 atom stereocenters. The number of hydrogen-bond donors (Lipinski definition) is 0. The van der Waals surface area contributed by atoms with E-state index in [0.29, 0.717) is 0 Å². The zero-order valence-electron chi connectivity index (χ0n) is 12.0. The zero-order valence-corrected chi connectivity index (χ0v) is 13.0. The average molecular weight is 272 g/mol. The highest BCUT2D eigenvalue weighted by Crippen LogP contribution is 2.29. The molecule has 0 saturated carbocycles. The highest BCUT2D eigenvalue weighted by Gasteiger charge is 2.32. The second kappa shape index (κ2) is 8.08. The standard InChI is InChI=1S/C13H24O4Si/c1-6-18(7-2,8-3)12(9-13(15)16-5)10-17-11(4)14/h9H,6-8,10H2,1-5H3/b12-9-. The molecule has 0 aliphatic rings. The van der Waals surface area contributed by atoms with Crippen LogP contribution in [0.4, 0.5) is 0 Å². The SMILES string of the molecule is CC[Si](CC)(CC)/C(=C\C(=O)OC)COC(C)=O. The van der Waals surface area contributed by atoms with Crippen LogP contribution in [0, 0.1) is 0 Å². The van der Waals surface area contributed by atoms with Gasteiger partial charge in [0.15, 0.2) is 0 Å². The molecule has 0 N–H and O–H groups in total. The monoisotopic (exact) mass is 272 g/mol. The van der Waals surface area contributed by atoms with Crippen molar-refractivity contribution >= 4 is 20.0 Å². The molecule has 0 heterocycles. The normalized spacial score (nSPS) is 12.2. The summed E-state index contributed by atoms with van der Waals surface area (Å²) in [5.74, 6) is -0.693. The van der Waals surface area contributed by atoms with Crippen molar-refractivity contribution in [2.24, 2.45) is 0 Å². The van der Waals surface area contributed by atoms with E-state index in [2.05, 4.69) is 25.5 Å². The first-order valence-corrected chi connectivity index (χ1v) is 9.00. The summed E-state index contributed by atoms with van der Waals surface area (Å²) in [4.78, 5) is 22.4. The molecule has 0 aromatic carbocycles. The third kappa shape index (κ3) is 4.64. The lowest BCUT2D eigenvalue weighted by Gasteiger charge is -2.30. The van der Waals surface area contributed by atoms with Crippen LogP contribution in [0.2, 0.25) is 18.1 Å². The molecule has 0 aromatic heterocycles. The fourth-order valence-electron chi connectivity index (χ4n) is 2.16. The zero-order chi connectivity index (χ0) is 14.2. The fraction of sp³-hybridized carbons (Fsp3) is 0.692. The minimum atomic E-state index is -1.71. The molecule has 0 aromatic rings. The lowest BCUT2D eigenvalue weighted by atomic mass is 10.5. The van der Waals surface area contributed by atoms with E-state index in [-0.39, 0.29) is 18.5 Å². The summed E-state index contributed by atoms with van der Waals surface area (Å²) >= 11 is 0. The lowest BCUT2D eigenvalue weighted by Crippen LogP contribution is -2.37. The fourth-order valence-corrected chi connectivity index (χ4v) is 5.82. The molecular formula is C13H24O4Si. The van der Waals surface area contributed by atoms with Crippen LogP contribution in [0.25, 0.3) is 0 Å². The maximum atomic E-state index is 11.4. The van der Waals surface area contributed by atoms with Crippen molar-refractivity contribution in [1.29, 1.82) is 0 Å². The molecule has 0 rings (SSSR count). The summed E-state index contributed by atoms with van der Waals surface area (Å²) in [5, 5.41) is 0.969. The topological polar surface area (TPSA) is 52.6 Å². The molecule has 0 bridgehead atoms. The summed E-state index contributed by atoms with van der Waals surface area (Å²) < 4.78 is 9.76. The van der Waals surface area contributed by atoms with Crippen molar-refractivity contribution < 1.29 is 19.1 Å². The van der Waals surface area contributed by atoms with E-state index >= 15 is 0 Å². The van der Waals surface area contributed by atoms with Gasteiger partial charge in [-0.05, 0) is 5.20 Å². The first-order chi connectivity index (χ1) is 8.45. The van der Waals surface area contributed by atoms with Crippen LogP contribution in [0.15, 0.2) is 11.3 Å². The molecule has 0 fully saturated rings. The Morgan fingerprint density at radius 1 is 1.11 bits per heavy atom. The van der Waals surface area contributed by atoms with Crippen molar-refractivity contribution in [2.45, 2.75) is 45.8 Å². The Bertz CT molecular complexity index is 311. The quantitative estimate of drug-likeness (QED) is 0.406. The maximum absolute atomic E-state index is 11.4. The molecule has 0 radical (unpaired) electrons. The maximum Gasteiger partial charge on any atom is 0.330 e. The smallest absolute Gasteiger partial charge is 0.330 e. The van der Waals surface area contributed by atoms with Gasteiger partial charge in [-0.25, -0.2) is 4.79 Å². The van der Waals surface area contributed by atoms with E-state index in [0.717, 1.165) is 23.3 Å². The minimum absolute atomic E-state index is 0.214. The first kappa shape index (κ1) is 16.9. The number of carbonyl (C=O) groups excluding carboxylic acids is 2. The number of methoxy groups -OCH3 is 1. The van der Waals surface area contributed by atoms with Gasteiger partial charge < -0.3 is 9.47 Å². The van der Waals surface area contributed by atoms with Gasteiger partial charge in [-0.3, -0.25) is 4.79 Å². The van der Waals surface area contributed by atoms with E-state index in [1.807, 2.05) is 0 Å². The van der Waals surface area contributed by atoms with Crippen LogP contribution in [0.1, 0.15) is 27.7 Å². The second-order valence-electron chi connectivity index (χ2n) is 4.31. The molecule has 18 heavy (non-hydrogen) atoms. The Hall–Kier alpha value is -1.10. The van der Waals surface area contributed by atoms with E-state index in [4.69, 9.17) is 4.74 Å². The van der Waals surface area contributed by atoms with Gasteiger partial charge in [0.2, 0.25) is 0 Å². The molecule has 5 heteroatoms. The predicted octanol–water partition coefficient (Wildman–Crippen LogP) is 2.70. The predicted molar refractivity (Wildman–Crippen MR) is 73.9 cm³/mol. The van der Waals surface area contributed by atoms with Crippen LogP contribution >= 0.6 is 0 Å². The third-order valence-corrected chi connectivity index (χ3v) is 9.35. The Kier molecular flexibility index (Phi) is 7.58. The van der Waals surface area contributed by atoms with Crippen LogP contribution in [0.5, 0.6) is 0 Å². The minimum Gasteiger partial charge on any atom is -0.466 e. The Morgan fingerprint density at radius 3 is 1.94 bits per heavy atom. The summed E-state index contributed by atoms with van der Waals surface area (Å²) in [7, 11) is -0.353. The van der Waals surface area contributed by atoms with E-state index in [1.54, 1.807) is 0 Å². The molecule has 0 unspecified atom stereocenters. The summed E-state index contributed by atoms with van der Waals surface area (Å²) in [6.45, 7) is 8.00. The van der Waals surface area contributed by atoms with Gasteiger partial charge in [-0.15, -0.1) is 0 Å². The van der Waals surface area contributed by atoms with Gasteiger partial charge in [-0.2, -0.15) is 0 Å². The molecule has 0 spiro atoms. The van der Waals surface area contributed by atoms with Gasteiger partial charge in [0.1, 0.15) is 6.61 Å². The van der Waals surface area contributed by atoms with Crippen LogP contribution in [-0.2, 0) is 19.1 Å². The molecule has 104 valence electrons. The van der Waals surface area contributed by atoms with E-state index in [9.17, 15) is 9.59 Å². The first-order valence-electron chi connectivity index (χ1n) is 6.38. The third-order valence-electron chi connectivity index (χ3n) is 3.64. The van der Waals surface area contributed by atoms with Crippen molar-refractivity contribution in [3.8, 4) is 0 Å². The number of rotatable bonds is 7. The summed E-state index contributed by atoms with van der Waals surface area (Å²) in [6.07, 6.45) is 1.52. The van der Waals surface area contributed by atoms with E-state index < -0.39 is 8.07 Å². The number of carbonyl (C=O) groups is 2. The summed E-state index contributed by atoms with van der Waals surface area (Å²) in [6, 6.07) is 3.10. The molecule has 0 saturated heterocycles. The second-order valence-corrected chi connectivity index (χ2v) is 9.64. The van der Waals surface area contributed by atoms with Crippen molar-refractivity contribution in [2.75, 3.05) is 13.7 Å². The Morgan fingerprint density at radius 2 is 1.61 bits per heavy atom. The van der Waals surface area contributed by atoms with Gasteiger partial charge in [0.25, 0.3) is 0 Å². The van der Waals surface area contributed by atoms with E-state index in [1.165, 1.54) is 20.1 Å². The van der Waals surface area contributed by atoms with Gasteiger partial charge in [0, 0.05) is 13.0 Å². The number of esters is 2. The number of hydrogen-bond acceptors (Lipinski definition) is 4. The number of ether oxygens (including phenoxy) is 2. The van der Waals surface area contributed by atoms with Crippen LogP contribution in [0.3, 0.4) is 0 Å². The Balaban J connectivity index is 5.22. The molecular weight excluding hydrogens is 248 g/mol. The van der Waals surface area contributed by atoms with Crippen molar-refractivity contribution in [3.05, 3.63) is 11.3 Å². The Labute approximate surface area is 110 Å². The lowest BCUT2D eigenvalue weighted by molar-refractivity contribution is -0.140. The van der Waals surface area contributed by atoms with Gasteiger partial charge >= 0.3 is 11.9 Å². The van der Waals surface area contributed by atoms with Crippen LogP contribution in [-0.4, -0.2) is 33.7 Å². The van der Waals surface area contributed by atoms with Crippen molar-refractivity contribution in [1.82, 2.24) is 0 Å². The molecule has 0 aliphatic carbocycles. The van der Waals surface area contributed by atoms with Gasteiger partial charge in [-0.1, -0.05) is 38.9 Å². The van der Waals surface area contributed by atoms with Crippen LogP contribution < -0.4 is 0 Å². The highest BCUT2D eigenvalue weighted by molar-refractivity contribution is 6.86. The highest BCUT2D eigenvalue weighted by atomic mass is 28.3. The summed E-state index contributed by atoms with van der Waals surface area (Å²) in [5.41, 5.74) is 0. The molecule has 4 nitrogen and oxygen atoms in total. The largest absolute Gasteiger partial charge is 0.466 e. The van der Waals surface area contributed by atoms with Crippen molar-refractivity contribution in [3.63, 3.8) is 0 Å². The molecule has 0 amide bonds. The molecule has 0 aliphatic heterocycles. The van der Waals surface area contributed by atoms with Gasteiger partial charge in [0.05, 0.1) is 15.2 Å².